The Morgan fingerprint density at radius 3 is 2.75 bits per heavy atom. The molecule has 0 amide bonds. The van der Waals surface area contributed by atoms with Gasteiger partial charge in [-0.25, -0.2) is 17.7 Å². The van der Waals surface area contributed by atoms with Crippen LogP contribution in [0, 0.1) is 0 Å². The Kier molecular flexibility index (Phi) is 9.45. The second kappa shape index (κ2) is 10.5. The highest BCUT2D eigenvalue weighted by Gasteiger charge is 2.27. The van der Waals surface area contributed by atoms with Crippen molar-refractivity contribution < 1.29 is 8.42 Å². The third-order valence-corrected chi connectivity index (χ3v) is 6.82. The first kappa shape index (κ1) is 21.6. The number of hydrogen-bond acceptors (Lipinski definition) is 5. The summed E-state index contributed by atoms with van der Waals surface area (Å²) >= 11 is 1.74. The standard InChI is InChI=1S/C14H25N5O2S2.HI/c1-3-12-11-18-13(22-12)5-6-16-14(15-2)17-7-9-19-8-4-10-23(19,20)21;/h11H,3-10H2,1-2H3,(H2,15,16,17);1H. The molecule has 0 aromatic carbocycles. The Labute approximate surface area is 165 Å². The van der Waals surface area contributed by atoms with Gasteiger partial charge in [0.2, 0.25) is 10.0 Å². The van der Waals surface area contributed by atoms with Gasteiger partial charge in [-0.2, -0.15) is 0 Å². The van der Waals surface area contributed by atoms with E-state index in [0.717, 1.165) is 30.8 Å². The van der Waals surface area contributed by atoms with Crippen molar-refractivity contribution >= 4 is 51.3 Å². The third-order valence-electron chi connectivity index (χ3n) is 3.66. The second-order valence-electron chi connectivity index (χ2n) is 5.32. The number of nitrogens with one attached hydrogen (secondary N) is 2. The van der Waals surface area contributed by atoms with E-state index in [4.69, 9.17) is 0 Å². The highest BCUT2D eigenvalue weighted by Crippen LogP contribution is 2.13. The Morgan fingerprint density at radius 1 is 1.42 bits per heavy atom. The molecule has 10 heteroatoms. The van der Waals surface area contributed by atoms with Gasteiger partial charge in [0.15, 0.2) is 5.96 Å². The normalized spacial score (nSPS) is 17.5. The summed E-state index contributed by atoms with van der Waals surface area (Å²) in [6.45, 7) is 4.53. The zero-order chi connectivity index (χ0) is 16.7. The van der Waals surface area contributed by atoms with Crippen LogP contribution in [0.4, 0.5) is 0 Å². The van der Waals surface area contributed by atoms with Crippen molar-refractivity contribution in [1.29, 1.82) is 0 Å². The fourth-order valence-electron chi connectivity index (χ4n) is 2.38. The molecule has 1 aromatic heterocycles. The summed E-state index contributed by atoms with van der Waals surface area (Å²) in [7, 11) is -1.31. The predicted octanol–water partition coefficient (Wildman–Crippen LogP) is 1.07. The summed E-state index contributed by atoms with van der Waals surface area (Å²) in [6.07, 6.45) is 4.53. The first-order valence-corrected chi connectivity index (χ1v) is 10.3. The van der Waals surface area contributed by atoms with Crippen LogP contribution in [-0.2, 0) is 22.9 Å². The second-order valence-corrected chi connectivity index (χ2v) is 8.61. The van der Waals surface area contributed by atoms with E-state index in [1.165, 1.54) is 9.18 Å². The Morgan fingerprint density at radius 2 is 2.17 bits per heavy atom. The molecule has 0 atom stereocenters. The van der Waals surface area contributed by atoms with E-state index < -0.39 is 10.0 Å². The molecular formula is C14H26IN5O2S2. The van der Waals surface area contributed by atoms with E-state index >= 15 is 0 Å². The van der Waals surface area contributed by atoms with Crippen molar-refractivity contribution in [3.8, 4) is 0 Å². The molecule has 1 aliphatic rings. The summed E-state index contributed by atoms with van der Waals surface area (Å²) in [5.41, 5.74) is 0. The van der Waals surface area contributed by atoms with Crippen LogP contribution < -0.4 is 10.6 Å². The highest BCUT2D eigenvalue weighted by atomic mass is 127. The number of hydrogen-bond donors (Lipinski definition) is 2. The summed E-state index contributed by atoms with van der Waals surface area (Å²) in [5.74, 6) is 0.960. The van der Waals surface area contributed by atoms with E-state index in [2.05, 4.69) is 27.5 Å². The average Bonchev–Trinajstić information content (AvgIpc) is 3.12. The molecule has 2 N–H and O–H groups in total. The smallest absolute Gasteiger partial charge is 0.214 e. The number of aliphatic imine (C=N–C) groups is 1. The maximum absolute atomic E-state index is 11.7. The Balaban J connectivity index is 0.00000288. The quantitative estimate of drug-likeness (QED) is 0.342. The fraction of sp³-hybridized carbons (Fsp3) is 0.714. The van der Waals surface area contributed by atoms with Gasteiger partial charge in [-0.15, -0.1) is 35.3 Å². The van der Waals surface area contributed by atoms with Gasteiger partial charge in [0.1, 0.15) is 0 Å². The minimum atomic E-state index is -3.02. The van der Waals surface area contributed by atoms with Crippen molar-refractivity contribution in [1.82, 2.24) is 19.9 Å². The number of nitrogens with zero attached hydrogens (tertiary/aromatic N) is 3. The molecule has 2 heterocycles. The molecule has 0 bridgehead atoms. The summed E-state index contributed by atoms with van der Waals surface area (Å²) < 4.78 is 25.0. The molecule has 1 aliphatic heterocycles. The van der Waals surface area contributed by atoms with Crippen molar-refractivity contribution in [3.63, 3.8) is 0 Å². The zero-order valence-corrected chi connectivity index (χ0v) is 18.1. The molecule has 138 valence electrons. The van der Waals surface area contributed by atoms with E-state index in [9.17, 15) is 8.42 Å². The average molecular weight is 487 g/mol. The van der Waals surface area contributed by atoms with Crippen LogP contribution in [-0.4, -0.2) is 62.6 Å². The fourth-order valence-corrected chi connectivity index (χ4v) is 4.77. The lowest BCUT2D eigenvalue weighted by molar-refractivity contribution is 0.445. The lowest BCUT2D eigenvalue weighted by atomic mass is 10.4. The van der Waals surface area contributed by atoms with Gasteiger partial charge in [0.25, 0.3) is 0 Å². The minimum absolute atomic E-state index is 0. The summed E-state index contributed by atoms with van der Waals surface area (Å²) in [6, 6.07) is 0. The maximum atomic E-state index is 11.7. The van der Waals surface area contributed by atoms with Crippen LogP contribution in [0.5, 0.6) is 0 Å². The molecule has 1 fully saturated rings. The lowest BCUT2D eigenvalue weighted by Crippen LogP contribution is -2.42. The molecule has 1 saturated heterocycles. The molecule has 0 aliphatic carbocycles. The van der Waals surface area contributed by atoms with Crippen LogP contribution in [0.15, 0.2) is 11.2 Å². The molecule has 0 radical (unpaired) electrons. The molecule has 0 saturated carbocycles. The molecule has 1 aromatic rings. The van der Waals surface area contributed by atoms with Crippen molar-refractivity contribution in [2.75, 3.05) is 39.0 Å². The van der Waals surface area contributed by atoms with Crippen LogP contribution >= 0.6 is 35.3 Å². The van der Waals surface area contributed by atoms with Gasteiger partial charge in [-0.1, -0.05) is 6.92 Å². The largest absolute Gasteiger partial charge is 0.356 e. The van der Waals surface area contributed by atoms with Gasteiger partial charge in [0, 0.05) is 50.7 Å². The number of guanidine groups is 1. The maximum Gasteiger partial charge on any atom is 0.214 e. The number of rotatable bonds is 7. The molecule has 24 heavy (non-hydrogen) atoms. The van der Waals surface area contributed by atoms with E-state index in [0.29, 0.717) is 25.6 Å². The number of aryl methyl sites for hydroxylation is 1. The molecule has 0 spiro atoms. The van der Waals surface area contributed by atoms with Crippen LogP contribution in [0.2, 0.25) is 0 Å². The highest BCUT2D eigenvalue weighted by molar-refractivity contribution is 14.0. The number of thiazole rings is 1. The monoisotopic (exact) mass is 487 g/mol. The Bertz CT molecular complexity index is 633. The molecular weight excluding hydrogens is 461 g/mol. The van der Waals surface area contributed by atoms with Gasteiger partial charge < -0.3 is 10.6 Å². The van der Waals surface area contributed by atoms with Gasteiger partial charge in [0.05, 0.1) is 10.8 Å². The predicted molar refractivity (Wildman–Crippen MR) is 110 cm³/mol. The number of halogens is 1. The zero-order valence-electron chi connectivity index (χ0n) is 14.1. The van der Waals surface area contributed by atoms with Gasteiger partial charge >= 0.3 is 0 Å². The van der Waals surface area contributed by atoms with Gasteiger partial charge in [-0.3, -0.25) is 4.99 Å². The number of aromatic nitrogens is 1. The van der Waals surface area contributed by atoms with Crippen LogP contribution in [0.25, 0.3) is 0 Å². The molecule has 0 unspecified atom stereocenters. The first-order valence-electron chi connectivity index (χ1n) is 7.91. The topological polar surface area (TPSA) is 86.7 Å². The minimum Gasteiger partial charge on any atom is -0.356 e. The van der Waals surface area contributed by atoms with Crippen LogP contribution in [0.1, 0.15) is 23.2 Å². The SMILES string of the molecule is CCc1cnc(CCNC(=NC)NCCN2CCCS2(=O)=O)s1.I. The van der Waals surface area contributed by atoms with Gasteiger partial charge in [-0.05, 0) is 12.8 Å². The van der Waals surface area contributed by atoms with E-state index in [1.54, 1.807) is 18.4 Å². The number of sulfonamides is 1. The van der Waals surface area contributed by atoms with Crippen molar-refractivity contribution in [2.45, 2.75) is 26.2 Å². The molecule has 2 rings (SSSR count). The van der Waals surface area contributed by atoms with Crippen molar-refractivity contribution in [3.05, 3.63) is 16.1 Å². The van der Waals surface area contributed by atoms with Crippen LogP contribution in [0.3, 0.4) is 0 Å². The van der Waals surface area contributed by atoms with E-state index in [1.807, 2.05) is 6.20 Å². The Hall–Kier alpha value is -0.460. The first-order chi connectivity index (χ1) is 11.0. The van der Waals surface area contributed by atoms with Crippen molar-refractivity contribution in [2.24, 2.45) is 4.99 Å². The molecule has 7 nitrogen and oxygen atoms in total. The summed E-state index contributed by atoms with van der Waals surface area (Å²) in [4.78, 5) is 9.84. The van der Waals surface area contributed by atoms with E-state index in [-0.39, 0.29) is 29.7 Å². The lowest BCUT2D eigenvalue weighted by Gasteiger charge is -2.16. The summed E-state index contributed by atoms with van der Waals surface area (Å²) in [5, 5.41) is 7.50. The third kappa shape index (κ3) is 6.45.